The Morgan fingerprint density at radius 2 is 2.24 bits per heavy atom. The Kier molecular flexibility index (Phi) is 3.81. The molecule has 1 N–H and O–H groups in total. The van der Waals surface area contributed by atoms with Crippen LogP contribution in [0.1, 0.15) is 12.8 Å². The summed E-state index contributed by atoms with van der Waals surface area (Å²) in [5.74, 6) is -0.197. The van der Waals surface area contributed by atoms with Crippen LogP contribution in [0, 0.1) is 5.82 Å². The third-order valence-electron chi connectivity index (χ3n) is 2.77. The molecular formula is C14H17FN2. The highest BCUT2D eigenvalue weighted by molar-refractivity contribution is 5.46. The Morgan fingerprint density at radius 3 is 3.06 bits per heavy atom. The van der Waals surface area contributed by atoms with Crippen LogP contribution in [0.5, 0.6) is 0 Å². The maximum absolute atomic E-state index is 13.1. The van der Waals surface area contributed by atoms with Crippen LogP contribution >= 0.6 is 0 Å². The Balaban J connectivity index is 2.03. The Morgan fingerprint density at radius 1 is 1.35 bits per heavy atom. The van der Waals surface area contributed by atoms with Crippen molar-refractivity contribution in [2.24, 2.45) is 0 Å². The molecule has 0 atom stereocenters. The van der Waals surface area contributed by atoms with E-state index in [1.54, 1.807) is 12.1 Å². The van der Waals surface area contributed by atoms with Gasteiger partial charge < -0.3 is 10.2 Å². The van der Waals surface area contributed by atoms with Crippen LogP contribution in [0.15, 0.2) is 48.3 Å². The lowest BCUT2D eigenvalue weighted by molar-refractivity contribution is 0.627. The number of halogens is 1. The summed E-state index contributed by atoms with van der Waals surface area (Å²) < 4.78 is 13.1. The second kappa shape index (κ2) is 5.53. The molecule has 0 spiro atoms. The van der Waals surface area contributed by atoms with Crippen LogP contribution in [-0.4, -0.2) is 13.6 Å². The summed E-state index contributed by atoms with van der Waals surface area (Å²) in [6, 6.07) is 6.66. The van der Waals surface area contributed by atoms with Crippen molar-refractivity contribution in [3.63, 3.8) is 0 Å². The summed E-state index contributed by atoms with van der Waals surface area (Å²) in [5, 5.41) is 3.24. The fourth-order valence-electron chi connectivity index (χ4n) is 1.83. The SMILES string of the molecule is CN(CC1=CCCC=CN1)c1cccc(F)c1. The molecule has 0 aromatic heterocycles. The predicted molar refractivity (Wildman–Crippen MR) is 69.3 cm³/mol. The molecular weight excluding hydrogens is 215 g/mol. The minimum atomic E-state index is -0.197. The molecule has 2 nitrogen and oxygen atoms in total. The summed E-state index contributed by atoms with van der Waals surface area (Å²) in [6.07, 6.45) is 8.40. The van der Waals surface area contributed by atoms with E-state index >= 15 is 0 Å². The average Bonchev–Trinajstić information content (AvgIpc) is 2.57. The van der Waals surface area contributed by atoms with Crippen LogP contribution < -0.4 is 10.2 Å². The summed E-state index contributed by atoms with van der Waals surface area (Å²) >= 11 is 0. The molecule has 3 heteroatoms. The molecule has 90 valence electrons. The molecule has 0 fully saturated rings. The van der Waals surface area contributed by atoms with E-state index in [1.165, 1.54) is 6.07 Å². The normalized spacial score (nSPS) is 14.8. The lowest BCUT2D eigenvalue weighted by Crippen LogP contribution is -2.24. The van der Waals surface area contributed by atoms with Gasteiger partial charge in [-0.15, -0.1) is 0 Å². The van der Waals surface area contributed by atoms with Crippen molar-refractivity contribution in [1.29, 1.82) is 0 Å². The lowest BCUT2D eigenvalue weighted by Gasteiger charge is -2.21. The fraction of sp³-hybridized carbons (Fsp3) is 0.286. The van der Waals surface area contributed by atoms with Gasteiger partial charge in [-0.05, 0) is 37.2 Å². The van der Waals surface area contributed by atoms with Gasteiger partial charge in [-0.2, -0.15) is 0 Å². The van der Waals surface area contributed by atoms with Crippen molar-refractivity contribution in [3.8, 4) is 0 Å². The Labute approximate surface area is 101 Å². The van der Waals surface area contributed by atoms with Gasteiger partial charge in [-0.3, -0.25) is 0 Å². The number of anilines is 1. The fourth-order valence-corrected chi connectivity index (χ4v) is 1.83. The highest BCUT2D eigenvalue weighted by atomic mass is 19.1. The number of allylic oxidation sites excluding steroid dienone is 2. The van der Waals surface area contributed by atoms with E-state index in [4.69, 9.17) is 0 Å². The zero-order valence-electron chi connectivity index (χ0n) is 9.99. The molecule has 1 aliphatic rings. The van der Waals surface area contributed by atoms with Crippen LogP contribution in [0.4, 0.5) is 10.1 Å². The number of hydrogen-bond acceptors (Lipinski definition) is 2. The van der Waals surface area contributed by atoms with Crippen molar-refractivity contribution < 1.29 is 4.39 Å². The van der Waals surface area contributed by atoms with Gasteiger partial charge >= 0.3 is 0 Å². The standard InChI is InChI=1S/C14H17FN2/c1-17(14-8-5-6-12(15)10-14)11-13-7-3-2-4-9-16-13/h4-10,16H,2-3,11H2,1H3. The maximum atomic E-state index is 13.1. The first-order valence-corrected chi connectivity index (χ1v) is 5.83. The summed E-state index contributed by atoms with van der Waals surface area (Å²) in [7, 11) is 1.96. The largest absolute Gasteiger partial charge is 0.369 e. The van der Waals surface area contributed by atoms with Gasteiger partial charge in [0, 0.05) is 18.4 Å². The van der Waals surface area contributed by atoms with Crippen molar-refractivity contribution in [3.05, 3.63) is 54.1 Å². The molecule has 0 aliphatic carbocycles. The van der Waals surface area contributed by atoms with E-state index in [0.717, 1.165) is 30.8 Å². The van der Waals surface area contributed by atoms with E-state index in [9.17, 15) is 4.39 Å². The van der Waals surface area contributed by atoms with Crippen LogP contribution in [0.25, 0.3) is 0 Å². The van der Waals surface area contributed by atoms with Gasteiger partial charge in [-0.25, -0.2) is 4.39 Å². The zero-order valence-corrected chi connectivity index (χ0v) is 9.99. The molecule has 1 aromatic carbocycles. The molecule has 0 unspecified atom stereocenters. The highest BCUT2D eigenvalue weighted by Crippen LogP contribution is 2.15. The topological polar surface area (TPSA) is 15.3 Å². The molecule has 0 saturated carbocycles. The van der Waals surface area contributed by atoms with Crippen molar-refractivity contribution in [2.75, 3.05) is 18.5 Å². The molecule has 1 aromatic rings. The highest BCUT2D eigenvalue weighted by Gasteiger charge is 2.05. The van der Waals surface area contributed by atoms with Gasteiger partial charge in [-0.1, -0.05) is 18.2 Å². The van der Waals surface area contributed by atoms with Gasteiger partial charge in [0.2, 0.25) is 0 Å². The van der Waals surface area contributed by atoms with E-state index in [-0.39, 0.29) is 5.82 Å². The number of nitrogens with one attached hydrogen (secondary N) is 1. The molecule has 17 heavy (non-hydrogen) atoms. The lowest BCUT2D eigenvalue weighted by atomic mass is 10.2. The smallest absolute Gasteiger partial charge is 0.125 e. The van der Waals surface area contributed by atoms with E-state index in [2.05, 4.69) is 17.5 Å². The number of benzene rings is 1. The number of hydrogen-bond donors (Lipinski definition) is 1. The maximum Gasteiger partial charge on any atom is 0.125 e. The van der Waals surface area contributed by atoms with E-state index in [0.29, 0.717) is 0 Å². The Hall–Kier alpha value is -1.77. The van der Waals surface area contributed by atoms with Crippen LogP contribution in [0.2, 0.25) is 0 Å². The molecule has 0 bridgehead atoms. The van der Waals surface area contributed by atoms with Crippen LogP contribution in [-0.2, 0) is 0 Å². The minimum Gasteiger partial charge on any atom is -0.369 e. The molecule has 0 saturated heterocycles. The average molecular weight is 232 g/mol. The molecule has 0 amide bonds. The zero-order chi connectivity index (χ0) is 12.1. The van der Waals surface area contributed by atoms with Gasteiger partial charge in [0.15, 0.2) is 0 Å². The quantitative estimate of drug-likeness (QED) is 0.861. The summed E-state index contributed by atoms with van der Waals surface area (Å²) in [6.45, 7) is 0.758. The van der Waals surface area contributed by atoms with Gasteiger partial charge in [0.05, 0.1) is 6.54 Å². The van der Waals surface area contributed by atoms with Crippen molar-refractivity contribution >= 4 is 5.69 Å². The number of rotatable bonds is 3. The van der Waals surface area contributed by atoms with Gasteiger partial charge in [0.1, 0.15) is 5.82 Å². The Bertz CT molecular complexity index is 438. The third-order valence-corrected chi connectivity index (χ3v) is 2.77. The van der Waals surface area contributed by atoms with Crippen LogP contribution in [0.3, 0.4) is 0 Å². The predicted octanol–water partition coefficient (Wildman–Crippen LogP) is 3.04. The first-order valence-electron chi connectivity index (χ1n) is 5.83. The first kappa shape index (κ1) is 11.7. The molecule has 1 aliphatic heterocycles. The van der Waals surface area contributed by atoms with Gasteiger partial charge in [0.25, 0.3) is 0 Å². The first-order chi connectivity index (χ1) is 8.25. The number of nitrogens with zero attached hydrogens (tertiary/aromatic N) is 1. The molecule has 0 radical (unpaired) electrons. The minimum absolute atomic E-state index is 0.197. The second-order valence-electron chi connectivity index (χ2n) is 4.19. The summed E-state index contributed by atoms with van der Waals surface area (Å²) in [5.41, 5.74) is 2.05. The van der Waals surface area contributed by atoms with E-state index < -0.39 is 0 Å². The van der Waals surface area contributed by atoms with Crippen molar-refractivity contribution in [2.45, 2.75) is 12.8 Å². The second-order valence-corrected chi connectivity index (χ2v) is 4.19. The molecule has 2 rings (SSSR count). The molecule has 1 heterocycles. The monoisotopic (exact) mass is 232 g/mol. The third kappa shape index (κ3) is 3.34. The van der Waals surface area contributed by atoms with Crippen molar-refractivity contribution in [1.82, 2.24) is 5.32 Å². The number of likely N-dealkylation sites (N-methyl/N-ethyl adjacent to an activating group) is 1. The van der Waals surface area contributed by atoms with E-state index in [1.807, 2.05) is 24.2 Å². The summed E-state index contributed by atoms with van der Waals surface area (Å²) in [4.78, 5) is 2.03.